The summed E-state index contributed by atoms with van der Waals surface area (Å²) in [6, 6.07) is 11.8. The van der Waals surface area contributed by atoms with Crippen LogP contribution in [0.3, 0.4) is 0 Å². The lowest BCUT2D eigenvalue weighted by Gasteiger charge is -2.35. The standard InChI is InChI=1S/C27H30F4N6O2/c1-18(2)16-36-11-13-37(14-12-36)24(38)21-7-5-20(6-8-21)23-33-25(32-15-19-3-9-22(28)10-4-19)35-26(34-23)39-17-27(29,30)31/h3-10,18H,11-17H2,1-2H3,(H,32,33,34,35). The van der Waals surface area contributed by atoms with Crippen molar-refractivity contribution >= 4 is 11.9 Å². The van der Waals surface area contributed by atoms with Crippen LogP contribution in [0, 0.1) is 11.7 Å². The maximum atomic E-state index is 13.2. The van der Waals surface area contributed by atoms with Crippen LogP contribution in [0.25, 0.3) is 11.4 Å². The maximum absolute atomic E-state index is 13.2. The summed E-state index contributed by atoms with van der Waals surface area (Å²) in [4.78, 5) is 29.4. The largest absolute Gasteiger partial charge is 0.454 e. The number of hydrogen-bond acceptors (Lipinski definition) is 7. The number of ether oxygens (including phenoxy) is 1. The van der Waals surface area contributed by atoms with E-state index in [1.807, 2.05) is 4.90 Å². The number of hydrogen-bond donors (Lipinski definition) is 1. The van der Waals surface area contributed by atoms with E-state index in [2.05, 4.69) is 39.0 Å². The van der Waals surface area contributed by atoms with E-state index in [-0.39, 0.29) is 30.0 Å². The number of anilines is 1. The van der Waals surface area contributed by atoms with Crippen molar-refractivity contribution < 1.29 is 27.1 Å². The Hall–Kier alpha value is -3.80. The third kappa shape index (κ3) is 8.34. The SMILES string of the molecule is CC(C)CN1CCN(C(=O)c2ccc(-c3nc(NCc4ccc(F)cc4)nc(OCC(F)(F)F)n3)cc2)CC1. The number of piperazine rings is 1. The minimum Gasteiger partial charge on any atom is -0.454 e. The average Bonchev–Trinajstić information content (AvgIpc) is 2.91. The second-order valence-electron chi connectivity index (χ2n) is 9.71. The average molecular weight is 547 g/mol. The minimum atomic E-state index is -4.57. The van der Waals surface area contributed by atoms with Crippen LogP contribution in [-0.2, 0) is 6.54 Å². The van der Waals surface area contributed by atoms with Gasteiger partial charge in [0.05, 0.1) is 0 Å². The van der Waals surface area contributed by atoms with Gasteiger partial charge in [0.25, 0.3) is 5.91 Å². The van der Waals surface area contributed by atoms with Crippen LogP contribution in [0.1, 0.15) is 29.8 Å². The summed E-state index contributed by atoms with van der Waals surface area (Å²) in [7, 11) is 0. The summed E-state index contributed by atoms with van der Waals surface area (Å²) >= 11 is 0. The zero-order valence-electron chi connectivity index (χ0n) is 21.7. The van der Waals surface area contributed by atoms with Gasteiger partial charge in [-0.2, -0.15) is 28.1 Å². The Bertz CT molecular complexity index is 1240. The molecule has 3 aromatic rings. The van der Waals surface area contributed by atoms with Gasteiger partial charge in [0.2, 0.25) is 5.95 Å². The predicted molar refractivity (Wildman–Crippen MR) is 138 cm³/mol. The first kappa shape index (κ1) is 28.2. The van der Waals surface area contributed by atoms with Gasteiger partial charge in [0, 0.05) is 50.4 Å². The Morgan fingerprint density at radius 1 is 0.974 bits per heavy atom. The lowest BCUT2D eigenvalue weighted by Crippen LogP contribution is -2.49. The first-order valence-corrected chi connectivity index (χ1v) is 12.6. The summed E-state index contributed by atoms with van der Waals surface area (Å²) in [6.45, 7) is 6.89. The van der Waals surface area contributed by atoms with Crippen LogP contribution in [0.15, 0.2) is 48.5 Å². The van der Waals surface area contributed by atoms with Crippen molar-refractivity contribution in [2.75, 3.05) is 44.6 Å². The monoisotopic (exact) mass is 546 g/mol. The van der Waals surface area contributed by atoms with Crippen LogP contribution >= 0.6 is 0 Å². The molecule has 0 spiro atoms. The summed E-state index contributed by atoms with van der Waals surface area (Å²) in [5.41, 5.74) is 1.68. The van der Waals surface area contributed by atoms with Crippen LogP contribution in [0.2, 0.25) is 0 Å². The number of carbonyl (C=O) groups excluding carboxylic acids is 1. The van der Waals surface area contributed by atoms with Crippen molar-refractivity contribution in [3.05, 3.63) is 65.5 Å². The van der Waals surface area contributed by atoms with Gasteiger partial charge in [-0.3, -0.25) is 9.69 Å². The van der Waals surface area contributed by atoms with Crippen molar-refractivity contribution in [3.8, 4) is 17.4 Å². The zero-order valence-corrected chi connectivity index (χ0v) is 21.7. The van der Waals surface area contributed by atoms with Crippen molar-refractivity contribution in [2.24, 2.45) is 5.92 Å². The highest BCUT2D eigenvalue weighted by atomic mass is 19.4. The molecule has 8 nitrogen and oxygen atoms in total. The zero-order chi connectivity index (χ0) is 28.0. The maximum Gasteiger partial charge on any atom is 0.422 e. The molecule has 1 aliphatic rings. The van der Waals surface area contributed by atoms with Crippen molar-refractivity contribution in [3.63, 3.8) is 0 Å². The summed E-state index contributed by atoms with van der Waals surface area (Å²) in [6.07, 6.45) is -4.57. The normalized spacial score (nSPS) is 14.5. The molecule has 2 aromatic carbocycles. The van der Waals surface area contributed by atoms with Gasteiger partial charge in [-0.1, -0.05) is 38.1 Å². The predicted octanol–water partition coefficient (Wildman–Crippen LogP) is 4.64. The number of benzene rings is 2. The molecule has 39 heavy (non-hydrogen) atoms. The van der Waals surface area contributed by atoms with Gasteiger partial charge in [0.15, 0.2) is 12.4 Å². The molecule has 1 aliphatic heterocycles. The van der Waals surface area contributed by atoms with Gasteiger partial charge in [-0.15, -0.1) is 0 Å². The molecule has 1 fully saturated rings. The van der Waals surface area contributed by atoms with E-state index in [1.54, 1.807) is 36.4 Å². The fraction of sp³-hybridized carbons (Fsp3) is 0.407. The third-order valence-electron chi connectivity index (χ3n) is 6.02. The number of aromatic nitrogens is 3. The Balaban J connectivity index is 1.48. The number of carbonyl (C=O) groups is 1. The molecule has 1 amide bonds. The minimum absolute atomic E-state index is 0.0130. The van der Waals surface area contributed by atoms with Gasteiger partial charge in [-0.05, 0) is 35.7 Å². The van der Waals surface area contributed by atoms with Crippen LogP contribution in [0.4, 0.5) is 23.5 Å². The Labute approximate surface area is 224 Å². The fourth-order valence-corrected chi connectivity index (χ4v) is 4.15. The van der Waals surface area contributed by atoms with Gasteiger partial charge < -0.3 is 15.0 Å². The Kier molecular flexibility index (Phi) is 8.95. The lowest BCUT2D eigenvalue weighted by atomic mass is 10.1. The van der Waals surface area contributed by atoms with E-state index >= 15 is 0 Å². The molecule has 2 heterocycles. The quantitative estimate of drug-likeness (QED) is 0.392. The van der Waals surface area contributed by atoms with Gasteiger partial charge in [-0.25, -0.2) is 4.39 Å². The van der Waals surface area contributed by atoms with Crippen molar-refractivity contribution in [1.82, 2.24) is 24.8 Å². The topological polar surface area (TPSA) is 83.5 Å². The molecule has 0 unspecified atom stereocenters. The summed E-state index contributed by atoms with van der Waals surface area (Å²) in [5, 5.41) is 2.91. The molecule has 208 valence electrons. The van der Waals surface area contributed by atoms with Gasteiger partial charge in [0.1, 0.15) is 5.82 Å². The van der Waals surface area contributed by atoms with Gasteiger partial charge >= 0.3 is 12.2 Å². The molecular weight excluding hydrogens is 516 g/mol. The molecule has 0 saturated carbocycles. The number of alkyl halides is 3. The van der Waals surface area contributed by atoms with E-state index in [4.69, 9.17) is 4.74 Å². The molecule has 0 aliphatic carbocycles. The van der Waals surface area contributed by atoms with E-state index in [1.165, 1.54) is 12.1 Å². The number of halogens is 4. The lowest BCUT2D eigenvalue weighted by molar-refractivity contribution is -0.154. The van der Waals surface area contributed by atoms with Crippen molar-refractivity contribution in [2.45, 2.75) is 26.6 Å². The summed E-state index contributed by atoms with van der Waals surface area (Å²) in [5.74, 6) is 0.149. The second-order valence-corrected chi connectivity index (χ2v) is 9.71. The van der Waals surface area contributed by atoms with Crippen LogP contribution in [0.5, 0.6) is 6.01 Å². The molecule has 1 N–H and O–H groups in total. The van der Waals surface area contributed by atoms with Crippen molar-refractivity contribution in [1.29, 1.82) is 0 Å². The highest BCUT2D eigenvalue weighted by Crippen LogP contribution is 2.23. The fourth-order valence-electron chi connectivity index (χ4n) is 4.15. The highest BCUT2D eigenvalue weighted by Gasteiger charge is 2.29. The highest BCUT2D eigenvalue weighted by molar-refractivity contribution is 5.94. The number of nitrogens with one attached hydrogen (secondary N) is 1. The molecule has 1 saturated heterocycles. The molecule has 0 bridgehead atoms. The van der Waals surface area contributed by atoms with E-state index < -0.39 is 18.8 Å². The molecule has 0 radical (unpaired) electrons. The van der Waals surface area contributed by atoms with E-state index in [0.717, 1.165) is 19.6 Å². The van der Waals surface area contributed by atoms with Crippen LogP contribution in [-0.4, -0.2) is 76.2 Å². The van der Waals surface area contributed by atoms with E-state index in [0.29, 0.717) is 35.7 Å². The third-order valence-corrected chi connectivity index (χ3v) is 6.02. The number of nitrogens with zero attached hydrogens (tertiary/aromatic N) is 5. The molecule has 1 aromatic heterocycles. The first-order chi connectivity index (χ1) is 18.6. The molecule has 12 heteroatoms. The number of amides is 1. The first-order valence-electron chi connectivity index (χ1n) is 12.6. The molecular formula is C27H30F4N6O2. The molecule has 4 rings (SSSR count). The number of rotatable bonds is 9. The molecule has 0 atom stereocenters. The smallest absolute Gasteiger partial charge is 0.422 e. The Morgan fingerprint density at radius 3 is 2.26 bits per heavy atom. The Morgan fingerprint density at radius 2 is 1.64 bits per heavy atom. The summed E-state index contributed by atoms with van der Waals surface area (Å²) < 4.78 is 56.2. The second kappa shape index (κ2) is 12.4. The van der Waals surface area contributed by atoms with Crippen LogP contribution < -0.4 is 10.1 Å². The van der Waals surface area contributed by atoms with E-state index in [9.17, 15) is 22.4 Å².